The maximum absolute atomic E-state index is 11.7. The number of amides is 1. The highest BCUT2D eigenvalue weighted by Crippen LogP contribution is 2.37. The van der Waals surface area contributed by atoms with Crippen molar-refractivity contribution >= 4 is 17.7 Å². The molecule has 1 fully saturated rings. The lowest BCUT2D eigenvalue weighted by Gasteiger charge is -2.22. The smallest absolute Gasteiger partial charge is 0.236 e. The molecular weight excluding hydrogens is 198 g/mol. The van der Waals surface area contributed by atoms with Gasteiger partial charge in [0.05, 0.1) is 10.9 Å². The second-order valence-corrected chi connectivity index (χ2v) is 5.55. The lowest BCUT2D eigenvalue weighted by atomic mass is 10.0. The van der Waals surface area contributed by atoms with Gasteiger partial charge in [-0.05, 0) is 31.9 Å². The molecule has 82 valence electrons. The zero-order valence-corrected chi connectivity index (χ0v) is 9.69. The second kappa shape index (κ2) is 5.03. The molecule has 14 heavy (non-hydrogen) atoms. The predicted octanol–water partition coefficient (Wildman–Crippen LogP) is 1.16. The van der Waals surface area contributed by atoms with Crippen molar-refractivity contribution in [1.82, 2.24) is 5.32 Å². The lowest BCUT2D eigenvalue weighted by molar-refractivity contribution is -0.123. The van der Waals surface area contributed by atoms with E-state index in [9.17, 15) is 9.90 Å². The van der Waals surface area contributed by atoms with Crippen LogP contribution in [0.15, 0.2) is 0 Å². The Morgan fingerprint density at radius 2 is 2.43 bits per heavy atom. The summed E-state index contributed by atoms with van der Waals surface area (Å²) in [5.74, 6) is 1.15. The van der Waals surface area contributed by atoms with Crippen LogP contribution in [-0.4, -0.2) is 34.2 Å². The maximum Gasteiger partial charge on any atom is 0.236 e. The van der Waals surface area contributed by atoms with Crippen molar-refractivity contribution < 1.29 is 9.90 Å². The Hall–Kier alpha value is -0.220. The van der Waals surface area contributed by atoms with Crippen LogP contribution in [0.4, 0.5) is 0 Å². The van der Waals surface area contributed by atoms with Crippen LogP contribution in [0.5, 0.6) is 0 Å². The van der Waals surface area contributed by atoms with E-state index >= 15 is 0 Å². The van der Waals surface area contributed by atoms with Crippen LogP contribution in [0, 0.1) is 0 Å². The molecular formula is C10H19NO2S. The van der Waals surface area contributed by atoms with Gasteiger partial charge in [0.15, 0.2) is 0 Å². The number of carbonyl (C=O) groups is 1. The second-order valence-electron chi connectivity index (χ2n) is 3.95. The van der Waals surface area contributed by atoms with Crippen molar-refractivity contribution in [2.24, 2.45) is 0 Å². The highest BCUT2D eigenvalue weighted by atomic mass is 32.2. The van der Waals surface area contributed by atoms with Crippen molar-refractivity contribution in [3.05, 3.63) is 0 Å². The SMILES string of the molecule is CCC(O)CNC(=O)C1(C)CCCS1. The minimum absolute atomic E-state index is 0.0764. The molecule has 1 rings (SSSR count). The minimum Gasteiger partial charge on any atom is -0.391 e. The van der Waals surface area contributed by atoms with Gasteiger partial charge in [-0.25, -0.2) is 0 Å². The van der Waals surface area contributed by atoms with E-state index in [1.807, 2.05) is 13.8 Å². The Morgan fingerprint density at radius 1 is 1.71 bits per heavy atom. The van der Waals surface area contributed by atoms with Gasteiger partial charge < -0.3 is 10.4 Å². The van der Waals surface area contributed by atoms with Gasteiger partial charge in [0, 0.05) is 6.54 Å². The van der Waals surface area contributed by atoms with Gasteiger partial charge in [0.1, 0.15) is 0 Å². The van der Waals surface area contributed by atoms with Crippen LogP contribution in [0.2, 0.25) is 0 Å². The van der Waals surface area contributed by atoms with E-state index in [2.05, 4.69) is 5.32 Å². The summed E-state index contributed by atoms with van der Waals surface area (Å²) < 4.78 is -0.256. The first kappa shape index (κ1) is 11.9. The average Bonchev–Trinajstić information content (AvgIpc) is 2.62. The normalized spacial score (nSPS) is 28.8. The van der Waals surface area contributed by atoms with Crippen LogP contribution in [0.25, 0.3) is 0 Å². The topological polar surface area (TPSA) is 49.3 Å². The van der Waals surface area contributed by atoms with E-state index in [0.29, 0.717) is 13.0 Å². The Morgan fingerprint density at radius 3 is 2.93 bits per heavy atom. The number of aliphatic hydroxyl groups excluding tert-OH is 1. The molecule has 0 aliphatic carbocycles. The zero-order chi connectivity index (χ0) is 10.6. The van der Waals surface area contributed by atoms with Crippen LogP contribution in [0.1, 0.15) is 33.1 Å². The maximum atomic E-state index is 11.7. The lowest BCUT2D eigenvalue weighted by Crippen LogP contribution is -2.43. The molecule has 3 nitrogen and oxygen atoms in total. The molecule has 1 amide bonds. The van der Waals surface area contributed by atoms with Gasteiger partial charge in [-0.3, -0.25) is 4.79 Å². The van der Waals surface area contributed by atoms with Crippen molar-refractivity contribution in [3.8, 4) is 0 Å². The third-order valence-electron chi connectivity index (χ3n) is 2.67. The fourth-order valence-corrected chi connectivity index (χ4v) is 2.73. The molecule has 1 aliphatic rings. The highest BCUT2D eigenvalue weighted by Gasteiger charge is 2.36. The van der Waals surface area contributed by atoms with Crippen LogP contribution < -0.4 is 5.32 Å². The number of thioether (sulfide) groups is 1. The van der Waals surface area contributed by atoms with Crippen molar-refractivity contribution in [1.29, 1.82) is 0 Å². The Labute approximate surface area is 89.6 Å². The Balaban J connectivity index is 2.34. The summed E-state index contributed by atoms with van der Waals surface area (Å²) in [5.41, 5.74) is 0. The number of carbonyl (C=O) groups excluding carboxylic acids is 1. The van der Waals surface area contributed by atoms with Crippen LogP contribution in [-0.2, 0) is 4.79 Å². The van der Waals surface area contributed by atoms with Gasteiger partial charge in [-0.1, -0.05) is 6.92 Å². The third kappa shape index (κ3) is 2.89. The Kier molecular flexibility index (Phi) is 4.26. The highest BCUT2D eigenvalue weighted by molar-refractivity contribution is 8.01. The van der Waals surface area contributed by atoms with E-state index in [0.717, 1.165) is 18.6 Å². The van der Waals surface area contributed by atoms with E-state index in [1.165, 1.54) is 0 Å². The number of hydrogen-bond donors (Lipinski definition) is 2. The van der Waals surface area contributed by atoms with E-state index in [-0.39, 0.29) is 10.7 Å². The van der Waals surface area contributed by atoms with E-state index in [4.69, 9.17) is 0 Å². The molecule has 4 heteroatoms. The molecule has 0 aromatic heterocycles. The largest absolute Gasteiger partial charge is 0.391 e. The zero-order valence-electron chi connectivity index (χ0n) is 8.88. The summed E-state index contributed by atoms with van der Waals surface area (Å²) in [6.45, 7) is 4.27. The van der Waals surface area contributed by atoms with Gasteiger partial charge in [0.2, 0.25) is 5.91 Å². The van der Waals surface area contributed by atoms with Gasteiger partial charge in [0.25, 0.3) is 0 Å². The third-order valence-corrected chi connectivity index (χ3v) is 4.19. The number of hydrogen-bond acceptors (Lipinski definition) is 3. The molecule has 2 N–H and O–H groups in total. The fourth-order valence-electron chi connectivity index (χ4n) is 1.50. The van der Waals surface area contributed by atoms with Crippen molar-refractivity contribution in [2.75, 3.05) is 12.3 Å². The van der Waals surface area contributed by atoms with E-state index in [1.54, 1.807) is 11.8 Å². The van der Waals surface area contributed by atoms with Crippen LogP contribution >= 0.6 is 11.8 Å². The average molecular weight is 217 g/mol. The molecule has 0 spiro atoms. The Bertz CT molecular complexity index is 202. The molecule has 0 aromatic carbocycles. The molecule has 0 bridgehead atoms. The first-order valence-corrected chi connectivity index (χ1v) is 6.17. The van der Waals surface area contributed by atoms with Crippen molar-refractivity contribution in [2.45, 2.75) is 44.0 Å². The van der Waals surface area contributed by atoms with Gasteiger partial charge >= 0.3 is 0 Å². The summed E-state index contributed by atoms with van der Waals surface area (Å²) >= 11 is 1.72. The first-order chi connectivity index (χ1) is 6.58. The molecule has 2 unspecified atom stereocenters. The van der Waals surface area contributed by atoms with E-state index < -0.39 is 6.10 Å². The molecule has 1 aliphatic heterocycles. The number of rotatable bonds is 4. The molecule has 1 saturated heterocycles. The summed E-state index contributed by atoms with van der Waals surface area (Å²) in [6, 6.07) is 0. The van der Waals surface area contributed by atoms with Gasteiger partial charge in [-0.15, -0.1) is 11.8 Å². The monoisotopic (exact) mass is 217 g/mol. The predicted molar refractivity (Wildman–Crippen MR) is 59.4 cm³/mol. The first-order valence-electron chi connectivity index (χ1n) is 5.19. The fraction of sp³-hybridized carbons (Fsp3) is 0.900. The quantitative estimate of drug-likeness (QED) is 0.743. The molecule has 2 atom stereocenters. The molecule has 0 saturated carbocycles. The standard InChI is InChI=1S/C10H19NO2S/c1-3-8(12)7-11-9(13)10(2)5-4-6-14-10/h8,12H,3-7H2,1-2H3,(H,11,13). The summed E-state index contributed by atoms with van der Waals surface area (Å²) in [4.78, 5) is 11.7. The van der Waals surface area contributed by atoms with Crippen molar-refractivity contribution in [3.63, 3.8) is 0 Å². The van der Waals surface area contributed by atoms with Crippen LogP contribution in [0.3, 0.4) is 0 Å². The summed E-state index contributed by atoms with van der Waals surface area (Å²) in [5, 5.41) is 12.1. The molecule has 0 radical (unpaired) electrons. The minimum atomic E-state index is -0.408. The summed E-state index contributed by atoms with van der Waals surface area (Å²) in [7, 11) is 0. The molecule has 1 heterocycles. The summed E-state index contributed by atoms with van der Waals surface area (Å²) in [6.07, 6.45) is 2.34. The van der Waals surface area contributed by atoms with Gasteiger partial charge in [-0.2, -0.15) is 0 Å². The number of aliphatic hydroxyl groups is 1. The molecule has 0 aromatic rings. The number of nitrogens with one attached hydrogen (secondary N) is 1.